The van der Waals surface area contributed by atoms with Crippen LogP contribution in [0.15, 0.2) is 30.5 Å². The van der Waals surface area contributed by atoms with Crippen molar-refractivity contribution in [1.29, 1.82) is 0 Å². The molecule has 1 N–H and O–H groups in total. The molecule has 0 aliphatic heterocycles. The minimum Gasteiger partial charge on any atom is -0.515 e. The van der Waals surface area contributed by atoms with E-state index in [0.717, 1.165) is 11.6 Å². The largest absolute Gasteiger partial charge is 0.515 e. The van der Waals surface area contributed by atoms with Crippen molar-refractivity contribution in [3.63, 3.8) is 0 Å². The molecular formula is C10H9ClO2. The number of benzene rings is 1. The van der Waals surface area contributed by atoms with Crippen LogP contribution in [0, 0.1) is 6.92 Å². The fourth-order valence-electron chi connectivity index (χ4n) is 0.977. The number of ketones is 1. The second kappa shape index (κ2) is 4.10. The Balaban J connectivity index is 3.09. The average Bonchev–Trinajstić information content (AvgIpc) is 2.04. The van der Waals surface area contributed by atoms with E-state index in [1.165, 1.54) is 0 Å². The molecule has 3 heteroatoms. The highest BCUT2D eigenvalue weighted by Gasteiger charge is 2.06. The topological polar surface area (TPSA) is 37.3 Å². The second-order valence-electron chi connectivity index (χ2n) is 2.66. The van der Waals surface area contributed by atoms with Gasteiger partial charge < -0.3 is 5.11 Å². The quantitative estimate of drug-likeness (QED) is 0.449. The van der Waals surface area contributed by atoms with E-state index in [4.69, 9.17) is 16.7 Å². The molecule has 1 rings (SSSR count). The molecule has 0 saturated carbocycles. The van der Waals surface area contributed by atoms with Gasteiger partial charge in [0.25, 0.3) is 0 Å². The van der Waals surface area contributed by atoms with Gasteiger partial charge in [-0.2, -0.15) is 0 Å². The van der Waals surface area contributed by atoms with Crippen LogP contribution in [-0.4, -0.2) is 10.9 Å². The van der Waals surface area contributed by atoms with Gasteiger partial charge in [-0.05, 0) is 24.6 Å². The molecule has 2 nitrogen and oxygen atoms in total. The fourth-order valence-corrected chi connectivity index (χ4v) is 1.31. The van der Waals surface area contributed by atoms with Gasteiger partial charge in [0.1, 0.15) is 0 Å². The first-order chi connectivity index (χ1) is 6.15. The lowest BCUT2D eigenvalue weighted by atomic mass is 10.1. The lowest BCUT2D eigenvalue weighted by molar-refractivity contribution is 0.104. The summed E-state index contributed by atoms with van der Waals surface area (Å²) in [4.78, 5) is 11.2. The summed E-state index contributed by atoms with van der Waals surface area (Å²) in [6, 6.07) is 5.14. The number of rotatable bonds is 2. The van der Waals surface area contributed by atoms with Crippen LogP contribution >= 0.6 is 11.6 Å². The molecule has 0 bridgehead atoms. The molecule has 0 unspecified atom stereocenters. The number of hydrogen-bond donors (Lipinski definition) is 1. The maximum Gasteiger partial charge on any atom is 0.190 e. The fraction of sp³-hybridized carbons (Fsp3) is 0.100. The minimum atomic E-state index is -0.299. The minimum absolute atomic E-state index is 0.299. The third-order valence-electron chi connectivity index (χ3n) is 1.62. The zero-order valence-corrected chi connectivity index (χ0v) is 7.88. The molecule has 0 fully saturated rings. The van der Waals surface area contributed by atoms with E-state index in [2.05, 4.69) is 0 Å². The van der Waals surface area contributed by atoms with Gasteiger partial charge in [-0.1, -0.05) is 17.7 Å². The summed E-state index contributed by atoms with van der Waals surface area (Å²) < 4.78 is 0. The smallest absolute Gasteiger partial charge is 0.190 e. The van der Waals surface area contributed by atoms with Crippen molar-refractivity contribution in [2.75, 3.05) is 0 Å². The van der Waals surface area contributed by atoms with Gasteiger partial charge in [-0.15, -0.1) is 0 Å². The first kappa shape index (κ1) is 9.81. The van der Waals surface area contributed by atoms with Gasteiger partial charge >= 0.3 is 0 Å². The SMILES string of the molecule is Cc1ccc(C(=O)/C=C/O)c(Cl)c1. The Kier molecular flexibility index (Phi) is 3.09. The van der Waals surface area contributed by atoms with Gasteiger partial charge in [-0.25, -0.2) is 0 Å². The predicted molar refractivity (Wildman–Crippen MR) is 52.3 cm³/mol. The van der Waals surface area contributed by atoms with Crippen LogP contribution in [0.4, 0.5) is 0 Å². The Bertz CT molecular complexity index is 356. The zero-order chi connectivity index (χ0) is 9.84. The number of aliphatic hydroxyl groups excluding tert-OH is 1. The molecule has 0 heterocycles. The highest BCUT2D eigenvalue weighted by Crippen LogP contribution is 2.18. The molecule has 0 spiro atoms. The van der Waals surface area contributed by atoms with E-state index in [9.17, 15) is 4.79 Å². The van der Waals surface area contributed by atoms with Crippen LogP contribution in [0.2, 0.25) is 5.02 Å². The van der Waals surface area contributed by atoms with E-state index in [1.807, 2.05) is 6.92 Å². The molecule has 0 amide bonds. The number of carbonyl (C=O) groups is 1. The van der Waals surface area contributed by atoms with Gasteiger partial charge in [0.15, 0.2) is 5.78 Å². The van der Waals surface area contributed by atoms with E-state index in [0.29, 0.717) is 16.8 Å². The molecule has 0 radical (unpaired) electrons. The van der Waals surface area contributed by atoms with Crippen LogP contribution in [0.3, 0.4) is 0 Å². The van der Waals surface area contributed by atoms with Crippen molar-refractivity contribution < 1.29 is 9.90 Å². The maximum absolute atomic E-state index is 11.2. The molecule has 0 aromatic heterocycles. The monoisotopic (exact) mass is 196 g/mol. The molecule has 68 valence electrons. The van der Waals surface area contributed by atoms with Crippen LogP contribution in [-0.2, 0) is 0 Å². The molecule has 13 heavy (non-hydrogen) atoms. The van der Waals surface area contributed by atoms with Gasteiger partial charge in [-0.3, -0.25) is 4.79 Å². The summed E-state index contributed by atoms with van der Waals surface area (Å²) in [6.45, 7) is 1.89. The highest BCUT2D eigenvalue weighted by molar-refractivity contribution is 6.34. The summed E-state index contributed by atoms with van der Waals surface area (Å²) in [5.74, 6) is -0.299. The normalized spacial score (nSPS) is 10.6. The third kappa shape index (κ3) is 2.33. The Hall–Kier alpha value is -1.28. The summed E-state index contributed by atoms with van der Waals surface area (Å²) in [7, 11) is 0. The van der Waals surface area contributed by atoms with Crippen molar-refractivity contribution in [3.8, 4) is 0 Å². The Labute approximate surface area is 81.5 Å². The molecule has 0 saturated heterocycles. The number of allylic oxidation sites excluding steroid dienone is 1. The van der Waals surface area contributed by atoms with Crippen molar-refractivity contribution in [2.24, 2.45) is 0 Å². The molecule has 0 atom stereocenters. The van der Waals surface area contributed by atoms with Gasteiger partial charge in [0.2, 0.25) is 0 Å². The van der Waals surface area contributed by atoms with Crippen molar-refractivity contribution >= 4 is 17.4 Å². The summed E-state index contributed by atoms with van der Waals surface area (Å²) in [6.07, 6.45) is 1.77. The zero-order valence-electron chi connectivity index (χ0n) is 7.12. The molecular weight excluding hydrogens is 188 g/mol. The number of carbonyl (C=O) groups excluding carboxylic acids is 1. The standard InChI is InChI=1S/C10H9ClO2/c1-7-2-3-8(9(11)6-7)10(13)4-5-12/h2-6,12H,1H3/b5-4+. The van der Waals surface area contributed by atoms with Crippen LogP contribution in [0.5, 0.6) is 0 Å². The summed E-state index contributed by atoms with van der Waals surface area (Å²) >= 11 is 5.82. The van der Waals surface area contributed by atoms with Crippen LogP contribution in [0.1, 0.15) is 15.9 Å². The van der Waals surface area contributed by atoms with Crippen LogP contribution in [0.25, 0.3) is 0 Å². The van der Waals surface area contributed by atoms with E-state index < -0.39 is 0 Å². The Morgan fingerprint density at radius 1 is 1.54 bits per heavy atom. The summed E-state index contributed by atoms with van der Waals surface area (Å²) in [5, 5.41) is 8.80. The number of halogens is 1. The van der Waals surface area contributed by atoms with E-state index in [1.54, 1.807) is 18.2 Å². The Morgan fingerprint density at radius 3 is 2.77 bits per heavy atom. The van der Waals surface area contributed by atoms with E-state index in [-0.39, 0.29) is 5.78 Å². The van der Waals surface area contributed by atoms with Crippen molar-refractivity contribution in [2.45, 2.75) is 6.92 Å². The third-order valence-corrected chi connectivity index (χ3v) is 1.93. The van der Waals surface area contributed by atoms with E-state index >= 15 is 0 Å². The van der Waals surface area contributed by atoms with Crippen molar-refractivity contribution in [1.82, 2.24) is 0 Å². The number of aliphatic hydroxyl groups is 1. The van der Waals surface area contributed by atoms with Crippen molar-refractivity contribution in [3.05, 3.63) is 46.7 Å². The molecule has 0 aliphatic rings. The lowest BCUT2D eigenvalue weighted by Gasteiger charge is -2.00. The van der Waals surface area contributed by atoms with Gasteiger partial charge in [0, 0.05) is 11.6 Å². The predicted octanol–water partition coefficient (Wildman–Crippen LogP) is 2.90. The molecule has 1 aromatic rings. The van der Waals surface area contributed by atoms with Gasteiger partial charge in [0.05, 0.1) is 11.3 Å². The Morgan fingerprint density at radius 2 is 2.23 bits per heavy atom. The van der Waals surface area contributed by atoms with Crippen LogP contribution < -0.4 is 0 Å². The molecule has 0 aliphatic carbocycles. The number of hydrogen-bond acceptors (Lipinski definition) is 2. The first-order valence-electron chi connectivity index (χ1n) is 3.76. The second-order valence-corrected chi connectivity index (χ2v) is 3.07. The summed E-state index contributed by atoms with van der Waals surface area (Å²) in [5.41, 5.74) is 1.40. The lowest BCUT2D eigenvalue weighted by Crippen LogP contribution is -1.95. The first-order valence-corrected chi connectivity index (χ1v) is 4.14. The number of aryl methyl sites for hydroxylation is 1. The maximum atomic E-state index is 11.2. The molecule has 1 aromatic carbocycles. The average molecular weight is 197 g/mol. The highest BCUT2D eigenvalue weighted by atomic mass is 35.5.